The minimum absolute atomic E-state index is 0.513. The van der Waals surface area contributed by atoms with E-state index in [1.54, 1.807) is 0 Å². The first-order valence-electron chi connectivity index (χ1n) is 7.25. The standard InChI is InChI=1S/C14H18BrN5/c15-11-6-16-20(7-11)14-9-18(10-14)8-12-5-13-3-1-2-4-19(13)17-12/h5-7,14H,1-4,8-10H2. The van der Waals surface area contributed by atoms with Crippen molar-refractivity contribution in [3.8, 4) is 0 Å². The van der Waals surface area contributed by atoms with Crippen molar-refractivity contribution >= 4 is 15.9 Å². The number of halogens is 1. The van der Waals surface area contributed by atoms with E-state index in [2.05, 4.69) is 47.6 Å². The summed E-state index contributed by atoms with van der Waals surface area (Å²) in [4.78, 5) is 2.44. The second kappa shape index (κ2) is 5.00. The first-order valence-corrected chi connectivity index (χ1v) is 8.05. The molecule has 0 N–H and O–H groups in total. The Balaban J connectivity index is 1.36. The summed E-state index contributed by atoms with van der Waals surface area (Å²) in [6.45, 7) is 4.20. The third-order valence-corrected chi connectivity index (χ3v) is 4.64. The van der Waals surface area contributed by atoms with Crippen LogP contribution in [-0.2, 0) is 19.5 Å². The fourth-order valence-electron chi connectivity index (χ4n) is 3.14. The molecular weight excluding hydrogens is 318 g/mol. The molecule has 0 atom stereocenters. The van der Waals surface area contributed by atoms with Crippen LogP contribution in [0.1, 0.15) is 30.3 Å². The van der Waals surface area contributed by atoms with Crippen molar-refractivity contribution in [3.05, 3.63) is 34.3 Å². The van der Waals surface area contributed by atoms with Crippen molar-refractivity contribution in [3.63, 3.8) is 0 Å². The van der Waals surface area contributed by atoms with Gasteiger partial charge < -0.3 is 0 Å². The quantitative estimate of drug-likeness (QED) is 0.863. The second-order valence-corrected chi connectivity index (χ2v) is 6.71. The summed E-state index contributed by atoms with van der Waals surface area (Å²) in [6, 6.07) is 2.80. The fourth-order valence-corrected chi connectivity index (χ4v) is 3.44. The van der Waals surface area contributed by atoms with E-state index in [-0.39, 0.29) is 0 Å². The number of aryl methyl sites for hydroxylation is 2. The van der Waals surface area contributed by atoms with E-state index in [9.17, 15) is 0 Å². The largest absolute Gasteiger partial charge is 0.293 e. The summed E-state index contributed by atoms with van der Waals surface area (Å²) >= 11 is 3.45. The number of aromatic nitrogens is 4. The molecule has 20 heavy (non-hydrogen) atoms. The molecule has 106 valence electrons. The number of nitrogens with zero attached hydrogens (tertiary/aromatic N) is 5. The number of fused-ring (bicyclic) bond motifs is 1. The normalized spacial score (nSPS) is 19.9. The van der Waals surface area contributed by atoms with E-state index >= 15 is 0 Å². The molecular formula is C14H18BrN5. The van der Waals surface area contributed by atoms with Crippen LogP contribution in [0.5, 0.6) is 0 Å². The molecule has 0 aromatic carbocycles. The lowest BCUT2D eigenvalue weighted by Crippen LogP contribution is -2.47. The molecule has 5 nitrogen and oxygen atoms in total. The van der Waals surface area contributed by atoms with E-state index in [1.165, 1.54) is 30.7 Å². The highest BCUT2D eigenvalue weighted by atomic mass is 79.9. The van der Waals surface area contributed by atoms with E-state index in [0.29, 0.717) is 6.04 Å². The van der Waals surface area contributed by atoms with Gasteiger partial charge >= 0.3 is 0 Å². The number of rotatable bonds is 3. The molecule has 0 unspecified atom stereocenters. The van der Waals surface area contributed by atoms with Crippen molar-refractivity contribution < 1.29 is 0 Å². The number of hydrogen-bond acceptors (Lipinski definition) is 3. The molecule has 2 aliphatic rings. The highest BCUT2D eigenvalue weighted by Crippen LogP contribution is 2.24. The maximum absolute atomic E-state index is 4.72. The average Bonchev–Trinajstić information content (AvgIpc) is 2.98. The molecule has 0 spiro atoms. The smallest absolute Gasteiger partial charge is 0.0773 e. The maximum Gasteiger partial charge on any atom is 0.0773 e. The molecule has 1 saturated heterocycles. The summed E-state index contributed by atoms with van der Waals surface area (Å²) in [6.07, 6.45) is 7.68. The van der Waals surface area contributed by atoms with Crippen molar-refractivity contribution in [1.82, 2.24) is 24.5 Å². The van der Waals surface area contributed by atoms with Gasteiger partial charge in [-0.25, -0.2) is 0 Å². The monoisotopic (exact) mass is 335 g/mol. The first kappa shape index (κ1) is 12.6. The Morgan fingerprint density at radius 1 is 1.30 bits per heavy atom. The SMILES string of the molecule is Brc1cnn(C2CN(Cc3cc4n(n3)CCCC4)C2)c1. The van der Waals surface area contributed by atoms with Crippen LogP contribution in [0.3, 0.4) is 0 Å². The van der Waals surface area contributed by atoms with Gasteiger partial charge in [-0.2, -0.15) is 10.2 Å². The predicted molar refractivity (Wildman–Crippen MR) is 79.4 cm³/mol. The third kappa shape index (κ3) is 2.31. The van der Waals surface area contributed by atoms with Crippen LogP contribution in [0.15, 0.2) is 22.9 Å². The van der Waals surface area contributed by atoms with Gasteiger partial charge in [0.25, 0.3) is 0 Å². The maximum atomic E-state index is 4.72. The Bertz CT molecular complexity index is 587. The Morgan fingerprint density at radius 3 is 2.95 bits per heavy atom. The van der Waals surface area contributed by atoms with E-state index < -0.39 is 0 Å². The Morgan fingerprint density at radius 2 is 2.20 bits per heavy atom. The van der Waals surface area contributed by atoms with Gasteiger partial charge in [-0.05, 0) is 41.3 Å². The number of hydrogen-bond donors (Lipinski definition) is 0. The highest BCUT2D eigenvalue weighted by molar-refractivity contribution is 9.10. The highest BCUT2D eigenvalue weighted by Gasteiger charge is 2.29. The van der Waals surface area contributed by atoms with Crippen molar-refractivity contribution in [1.29, 1.82) is 0 Å². The van der Waals surface area contributed by atoms with Crippen LogP contribution in [-0.4, -0.2) is 37.6 Å². The Hall–Kier alpha value is -1.14. The van der Waals surface area contributed by atoms with Gasteiger partial charge in [0.2, 0.25) is 0 Å². The van der Waals surface area contributed by atoms with Crippen LogP contribution < -0.4 is 0 Å². The minimum atomic E-state index is 0.513. The van der Waals surface area contributed by atoms with E-state index in [1.807, 2.05) is 6.20 Å². The van der Waals surface area contributed by atoms with Crippen LogP contribution in [0.25, 0.3) is 0 Å². The molecule has 0 saturated carbocycles. The summed E-state index contributed by atoms with van der Waals surface area (Å²) in [5.41, 5.74) is 2.64. The molecule has 2 aromatic rings. The summed E-state index contributed by atoms with van der Waals surface area (Å²) in [5, 5.41) is 9.08. The zero-order chi connectivity index (χ0) is 13.5. The lowest BCUT2D eigenvalue weighted by Gasteiger charge is -2.38. The zero-order valence-corrected chi connectivity index (χ0v) is 13.0. The molecule has 0 amide bonds. The van der Waals surface area contributed by atoms with Gasteiger partial charge in [0.15, 0.2) is 0 Å². The van der Waals surface area contributed by atoms with Gasteiger partial charge in [0, 0.05) is 38.1 Å². The molecule has 1 fully saturated rings. The fraction of sp³-hybridized carbons (Fsp3) is 0.571. The Labute approximate surface area is 126 Å². The summed E-state index contributed by atoms with van der Waals surface area (Å²) in [5.74, 6) is 0. The van der Waals surface area contributed by atoms with Gasteiger partial charge in [-0.1, -0.05) is 0 Å². The van der Waals surface area contributed by atoms with Gasteiger partial charge in [0.1, 0.15) is 0 Å². The summed E-state index contributed by atoms with van der Waals surface area (Å²) < 4.78 is 5.30. The average molecular weight is 336 g/mol. The predicted octanol–water partition coefficient (Wildman–Crippen LogP) is 2.24. The molecule has 2 aliphatic heterocycles. The van der Waals surface area contributed by atoms with Crippen molar-refractivity contribution in [2.75, 3.05) is 13.1 Å². The second-order valence-electron chi connectivity index (χ2n) is 5.79. The van der Waals surface area contributed by atoms with Crippen LogP contribution in [0.2, 0.25) is 0 Å². The molecule has 0 radical (unpaired) electrons. The molecule has 4 heterocycles. The van der Waals surface area contributed by atoms with Crippen LogP contribution >= 0.6 is 15.9 Å². The molecule has 0 aliphatic carbocycles. The molecule has 6 heteroatoms. The van der Waals surface area contributed by atoms with Crippen molar-refractivity contribution in [2.24, 2.45) is 0 Å². The summed E-state index contributed by atoms with van der Waals surface area (Å²) in [7, 11) is 0. The molecule has 0 bridgehead atoms. The molecule has 4 rings (SSSR count). The van der Waals surface area contributed by atoms with Crippen molar-refractivity contribution in [2.45, 2.75) is 38.4 Å². The topological polar surface area (TPSA) is 38.9 Å². The first-order chi connectivity index (χ1) is 9.78. The van der Waals surface area contributed by atoms with E-state index in [0.717, 1.165) is 30.7 Å². The van der Waals surface area contributed by atoms with E-state index in [4.69, 9.17) is 5.10 Å². The van der Waals surface area contributed by atoms with Gasteiger partial charge in [-0.15, -0.1) is 0 Å². The lowest BCUT2D eigenvalue weighted by atomic mass is 10.1. The van der Waals surface area contributed by atoms with Gasteiger partial charge in [-0.3, -0.25) is 14.3 Å². The third-order valence-electron chi connectivity index (χ3n) is 4.23. The number of likely N-dealkylation sites (tertiary alicyclic amines) is 1. The van der Waals surface area contributed by atoms with Gasteiger partial charge in [0.05, 0.1) is 22.4 Å². The molecule has 2 aromatic heterocycles. The Kier molecular flexibility index (Phi) is 3.15. The van der Waals surface area contributed by atoms with Crippen LogP contribution in [0, 0.1) is 0 Å². The zero-order valence-electron chi connectivity index (χ0n) is 11.4. The lowest BCUT2D eigenvalue weighted by molar-refractivity contribution is 0.0893. The van der Waals surface area contributed by atoms with Crippen LogP contribution in [0.4, 0.5) is 0 Å². The minimum Gasteiger partial charge on any atom is -0.293 e.